The number of allylic oxidation sites excluding steroid dienone is 1. The topological polar surface area (TPSA) is 29.5 Å². The average Bonchev–Trinajstić information content (AvgIpc) is 2.48. The van der Waals surface area contributed by atoms with Crippen LogP contribution in [0.25, 0.3) is 0 Å². The average molecular weight is 354 g/mol. The molecular formula is C17H14Cl2FNO2. The summed E-state index contributed by atoms with van der Waals surface area (Å²) in [6.07, 6.45) is 1.48. The molecule has 2 aromatic rings. The molecule has 0 spiro atoms. The number of ketones is 1. The zero-order chi connectivity index (χ0) is 17.0. The Morgan fingerprint density at radius 2 is 1.70 bits per heavy atom. The van der Waals surface area contributed by atoms with Crippen LogP contribution in [0.2, 0.25) is 10.0 Å². The molecule has 0 aliphatic rings. The summed E-state index contributed by atoms with van der Waals surface area (Å²) in [7, 11) is 3.47. The molecule has 0 aromatic heterocycles. The fourth-order valence-corrected chi connectivity index (χ4v) is 2.09. The van der Waals surface area contributed by atoms with E-state index in [2.05, 4.69) is 0 Å². The molecule has 0 heterocycles. The van der Waals surface area contributed by atoms with Gasteiger partial charge in [0.15, 0.2) is 5.76 Å². The molecule has 0 aliphatic heterocycles. The van der Waals surface area contributed by atoms with Crippen LogP contribution in [0.1, 0.15) is 10.4 Å². The zero-order valence-electron chi connectivity index (χ0n) is 12.5. The summed E-state index contributed by atoms with van der Waals surface area (Å²) < 4.78 is 19.6. The minimum atomic E-state index is -0.702. The van der Waals surface area contributed by atoms with E-state index in [0.29, 0.717) is 10.8 Å². The van der Waals surface area contributed by atoms with E-state index in [9.17, 15) is 9.18 Å². The van der Waals surface area contributed by atoms with E-state index in [-0.39, 0.29) is 16.3 Å². The Kier molecular flexibility index (Phi) is 5.64. The normalized spacial score (nSPS) is 11.3. The maximum Gasteiger partial charge on any atom is 0.232 e. The molecule has 0 radical (unpaired) electrons. The quantitative estimate of drug-likeness (QED) is 0.439. The fourth-order valence-electron chi connectivity index (χ4n) is 1.80. The van der Waals surface area contributed by atoms with Gasteiger partial charge in [0.25, 0.3) is 0 Å². The van der Waals surface area contributed by atoms with E-state index < -0.39 is 11.6 Å². The lowest BCUT2D eigenvalue weighted by Crippen LogP contribution is -2.15. The highest BCUT2D eigenvalue weighted by molar-refractivity contribution is 6.31. The Labute approximate surface area is 143 Å². The maximum atomic E-state index is 14.0. The Bertz CT molecular complexity index is 743. The number of ether oxygens (including phenoxy) is 1. The third-order valence-corrected chi connectivity index (χ3v) is 3.30. The zero-order valence-corrected chi connectivity index (χ0v) is 14.0. The second-order valence-corrected chi connectivity index (χ2v) is 5.84. The first-order valence-corrected chi connectivity index (χ1v) is 7.44. The van der Waals surface area contributed by atoms with E-state index in [1.165, 1.54) is 18.3 Å². The van der Waals surface area contributed by atoms with E-state index >= 15 is 0 Å². The van der Waals surface area contributed by atoms with Gasteiger partial charge in [0, 0.05) is 30.3 Å². The minimum absolute atomic E-state index is 0.0152. The van der Waals surface area contributed by atoms with Crippen LogP contribution in [0, 0.1) is 5.82 Å². The summed E-state index contributed by atoms with van der Waals surface area (Å²) in [5.74, 6) is -0.876. The summed E-state index contributed by atoms with van der Waals surface area (Å²) in [5, 5.41) is 0.765. The molecule has 23 heavy (non-hydrogen) atoms. The summed E-state index contributed by atoms with van der Waals surface area (Å²) in [5.41, 5.74) is -0.114. The molecule has 120 valence electrons. The number of Topliss-reactive ketones (excluding diaryl/α,β-unsaturated/α-hetero) is 1. The predicted octanol–water partition coefficient (Wildman–Crippen LogP) is 4.80. The Morgan fingerprint density at radius 3 is 2.26 bits per heavy atom. The van der Waals surface area contributed by atoms with Gasteiger partial charge in [-0.05, 0) is 42.5 Å². The van der Waals surface area contributed by atoms with E-state index in [4.69, 9.17) is 27.9 Å². The van der Waals surface area contributed by atoms with Crippen LogP contribution in [0.15, 0.2) is 54.4 Å². The van der Waals surface area contributed by atoms with Crippen molar-refractivity contribution in [3.63, 3.8) is 0 Å². The molecule has 0 aliphatic carbocycles. The molecule has 0 fully saturated rings. The summed E-state index contributed by atoms with van der Waals surface area (Å²) >= 11 is 11.5. The standard InChI is InChI=1S/C17H14Cl2FNO2/c1-21(2)10-16(23-13-6-3-11(18)4-7-13)17(22)14-8-5-12(19)9-15(14)20/h3-10H,1-2H3/b16-10-. The number of hydrogen-bond donors (Lipinski definition) is 0. The third-order valence-electron chi connectivity index (χ3n) is 2.82. The van der Waals surface area contributed by atoms with E-state index in [1.54, 1.807) is 43.3 Å². The van der Waals surface area contributed by atoms with Gasteiger partial charge >= 0.3 is 0 Å². The maximum absolute atomic E-state index is 14.0. The molecule has 0 atom stereocenters. The molecule has 2 rings (SSSR count). The molecule has 0 saturated carbocycles. The highest BCUT2D eigenvalue weighted by atomic mass is 35.5. The van der Waals surface area contributed by atoms with Crippen LogP contribution >= 0.6 is 23.2 Å². The number of benzene rings is 2. The van der Waals surface area contributed by atoms with Crippen LogP contribution in [-0.4, -0.2) is 24.8 Å². The molecule has 2 aromatic carbocycles. The largest absolute Gasteiger partial charge is 0.452 e. The van der Waals surface area contributed by atoms with Crippen molar-refractivity contribution in [3.05, 3.63) is 75.8 Å². The smallest absolute Gasteiger partial charge is 0.232 e. The molecule has 3 nitrogen and oxygen atoms in total. The van der Waals surface area contributed by atoms with Gasteiger partial charge in [-0.25, -0.2) is 4.39 Å². The van der Waals surface area contributed by atoms with Crippen LogP contribution in [0.3, 0.4) is 0 Å². The Balaban J connectivity index is 2.34. The number of hydrogen-bond acceptors (Lipinski definition) is 3. The Morgan fingerprint density at radius 1 is 1.09 bits per heavy atom. The van der Waals surface area contributed by atoms with E-state index in [1.807, 2.05) is 0 Å². The summed E-state index contributed by atoms with van der Waals surface area (Å²) in [6.45, 7) is 0. The predicted molar refractivity (Wildman–Crippen MR) is 89.6 cm³/mol. The van der Waals surface area contributed by atoms with Crippen molar-refractivity contribution in [2.24, 2.45) is 0 Å². The van der Waals surface area contributed by atoms with Crippen LogP contribution in [0.4, 0.5) is 4.39 Å². The first kappa shape index (κ1) is 17.3. The molecule has 0 bridgehead atoms. The van der Waals surface area contributed by atoms with Gasteiger partial charge in [-0.2, -0.15) is 0 Å². The number of nitrogens with zero attached hydrogens (tertiary/aromatic N) is 1. The van der Waals surface area contributed by atoms with Crippen LogP contribution < -0.4 is 4.74 Å². The van der Waals surface area contributed by atoms with Crippen LogP contribution in [-0.2, 0) is 0 Å². The van der Waals surface area contributed by atoms with Crippen molar-refractivity contribution < 1.29 is 13.9 Å². The monoisotopic (exact) mass is 353 g/mol. The molecule has 0 amide bonds. The molecule has 0 N–H and O–H groups in total. The SMILES string of the molecule is CN(C)/C=C(\Oc1ccc(Cl)cc1)C(=O)c1ccc(Cl)cc1F. The summed E-state index contributed by atoms with van der Waals surface area (Å²) in [6, 6.07) is 10.4. The van der Waals surface area contributed by atoms with Gasteiger partial charge in [0.1, 0.15) is 11.6 Å². The van der Waals surface area contributed by atoms with E-state index in [0.717, 1.165) is 6.07 Å². The van der Waals surface area contributed by atoms with Crippen molar-refractivity contribution in [2.75, 3.05) is 14.1 Å². The van der Waals surface area contributed by atoms with Crippen LogP contribution in [0.5, 0.6) is 5.75 Å². The number of carbonyl (C=O) groups is 1. The summed E-state index contributed by atoms with van der Waals surface area (Å²) in [4.78, 5) is 14.2. The van der Waals surface area contributed by atoms with Crippen molar-refractivity contribution in [2.45, 2.75) is 0 Å². The van der Waals surface area contributed by atoms with Crippen molar-refractivity contribution in [3.8, 4) is 5.75 Å². The lowest BCUT2D eigenvalue weighted by Gasteiger charge is -2.13. The Hall–Kier alpha value is -2.04. The van der Waals surface area contributed by atoms with Gasteiger partial charge in [-0.1, -0.05) is 23.2 Å². The first-order valence-electron chi connectivity index (χ1n) is 6.68. The lowest BCUT2D eigenvalue weighted by molar-refractivity contribution is 0.0978. The molecule has 0 saturated heterocycles. The number of rotatable bonds is 5. The van der Waals surface area contributed by atoms with Crippen molar-refractivity contribution in [1.29, 1.82) is 0 Å². The number of halogens is 3. The second kappa shape index (κ2) is 7.49. The molecule has 0 unspecified atom stereocenters. The van der Waals surface area contributed by atoms with Crippen molar-refractivity contribution >= 4 is 29.0 Å². The number of carbonyl (C=O) groups excluding carboxylic acids is 1. The fraction of sp³-hybridized carbons (Fsp3) is 0.118. The third kappa shape index (κ3) is 4.71. The van der Waals surface area contributed by atoms with Gasteiger partial charge < -0.3 is 9.64 Å². The molecular weight excluding hydrogens is 340 g/mol. The highest BCUT2D eigenvalue weighted by Gasteiger charge is 2.19. The first-order chi connectivity index (χ1) is 10.9. The second-order valence-electron chi connectivity index (χ2n) is 4.97. The molecule has 6 heteroatoms. The van der Waals surface area contributed by atoms with Gasteiger partial charge in [-0.3, -0.25) is 4.79 Å². The van der Waals surface area contributed by atoms with Gasteiger partial charge in [0.2, 0.25) is 5.78 Å². The minimum Gasteiger partial charge on any atom is -0.452 e. The highest BCUT2D eigenvalue weighted by Crippen LogP contribution is 2.22. The van der Waals surface area contributed by atoms with Crippen molar-refractivity contribution in [1.82, 2.24) is 4.90 Å². The van der Waals surface area contributed by atoms with Gasteiger partial charge in [0.05, 0.1) is 5.56 Å². The van der Waals surface area contributed by atoms with Gasteiger partial charge in [-0.15, -0.1) is 0 Å². The lowest BCUT2D eigenvalue weighted by atomic mass is 10.1.